The van der Waals surface area contributed by atoms with E-state index in [-0.39, 0.29) is 17.3 Å². The fraction of sp³-hybridized carbons (Fsp3) is 0.125. The molecule has 0 amide bonds. The number of nitriles is 1. The van der Waals surface area contributed by atoms with Gasteiger partial charge in [-0.1, -0.05) is 30.3 Å². The average molecular weight is 323 g/mol. The second-order valence-corrected chi connectivity index (χ2v) is 6.04. The molecule has 3 rings (SSSR count). The summed E-state index contributed by atoms with van der Waals surface area (Å²) in [6.07, 6.45) is 1.95. The van der Waals surface area contributed by atoms with E-state index in [1.807, 2.05) is 36.4 Å². The molecule has 0 aliphatic rings. The van der Waals surface area contributed by atoms with E-state index < -0.39 is 0 Å². The maximum Gasteiger partial charge on any atom is 0.292 e. The van der Waals surface area contributed by atoms with Crippen LogP contribution in [0.25, 0.3) is 0 Å². The highest BCUT2D eigenvalue weighted by molar-refractivity contribution is 7.13. The van der Waals surface area contributed by atoms with Crippen LogP contribution in [-0.2, 0) is 6.42 Å². The lowest BCUT2D eigenvalue weighted by Gasteiger charge is -2.00. The summed E-state index contributed by atoms with van der Waals surface area (Å²) in [7, 11) is 0. The summed E-state index contributed by atoms with van der Waals surface area (Å²) in [4.78, 5) is 17.5. The van der Waals surface area contributed by atoms with Gasteiger partial charge in [-0.05, 0) is 12.5 Å². The second-order valence-electron chi connectivity index (χ2n) is 4.96. The van der Waals surface area contributed by atoms with Gasteiger partial charge in [0.1, 0.15) is 22.3 Å². The number of nitrogens with two attached hydrogens (primary N) is 1. The van der Waals surface area contributed by atoms with Gasteiger partial charge < -0.3 is 5.73 Å². The summed E-state index contributed by atoms with van der Waals surface area (Å²) in [6, 6.07) is 11.8. The van der Waals surface area contributed by atoms with Gasteiger partial charge in [-0.15, -0.1) is 11.3 Å². The van der Waals surface area contributed by atoms with Crippen molar-refractivity contribution in [2.24, 2.45) is 0 Å². The summed E-state index contributed by atoms with van der Waals surface area (Å²) in [5.74, 6) is -0.312. The van der Waals surface area contributed by atoms with Crippen molar-refractivity contribution in [1.29, 1.82) is 5.26 Å². The molecule has 0 saturated carbocycles. The monoisotopic (exact) mass is 323 g/mol. The molecule has 7 heteroatoms. The van der Waals surface area contributed by atoms with Crippen LogP contribution in [0.3, 0.4) is 0 Å². The summed E-state index contributed by atoms with van der Waals surface area (Å²) < 4.78 is 1.05. The van der Waals surface area contributed by atoms with Gasteiger partial charge in [0.15, 0.2) is 0 Å². The van der Waals surface area contributed by atoms with Crippen LogP contribution in [-0.4, -0.2) is 20.7 Å². The lowest BCUT2D eigenvalue weighted by atomic mass is 10.2. The molecule has 0 bridgehead atoms. The standard InChI is InChI=1S/C16H13N5OS/c1-10-14(16(22)21-15(18)12(8-17)9-19-21)23-13(20-10)7-11-5-3-2-4-6-11/h2-6,9H,7,18H2,1H3. The van der Waals surface area contributed by atoms with E-state index in [2.05, 4.69) is 10.1 Å². The number of carbonyl (C=O) groups is 1. The largest absolute Gasteiger partial charge is 0.382 e. The van der Waals surface area contributed by atoms with Gasteiger partial charge >= 0.3 is 0 Å². The fourth-order valence-corrected chi connectivity index (χ4v) is 3.22. The van der Waals surface area contributed by atoms with E-state index in [9.17, 15) is 4.79 Å². The SMILES string of the molecule is Cc1nc(Cc2ccccc2)sc1C(=O)n1ncc(C#N)c1N. The summed E-state index contributed by atoms with van der Waals surface area (Å²) in [5, 5.41) is 13.6. The Hall–Kier alpha value is -2.98. The van der Waals surface area contributed by atoms with Crippen molar-refractivity contribution >= 4 is 23.1 Å². The number of aryl methyl sites for hydroxylation is 1. The maximum atomic E-state index is 12.6. The Morgan fingerprint density at radius 1 is 1.39 bits per heavy atom. The number of benzene rings is 1. The first kappa shape index (κ1) is 14.9. The molecule has 0 fully saturated rings. The molecule has 2 N–H and O–H groups in total. The van der Waals surface area contributed by atoms with Gasteiger partial charge in [0, 0.05) is 6.42 Å². The van der Waals surface area contributed by atoms with Gasteiger partial charge in [0.2, 0.25) is 0 Å². The number of rotatable bonds is 3. The maximum absolute atomic E-state index is 12.6. The van der Waals surface area contributed by atoms with Crippen LogP contribution < -0.4 is 5.73 Å². The average Bonchev–Trinajstić information content (AvgIpc) is 3.10. The molecule has 2 aromatic heterocycles. The molecule has 0 spiro atoms. The number of carbonyl (C=O) groups excluding carboxylic acids is 1. The minimum absolute atomic E-state index is 0.0508. The number of aromatic nitrogens is 3. The third-order valence-electron chi connectivity index (χ3n) is 3.35. The Kier molecular flexibility index (Phi) is 3.91. The van der Waals surface area contributed by atoms with Crippen molar-refractivity contribution in [1.82, 2.24) is 14.8 Å². The van der Waals surface area contributed by atoms with E-state index in [1.165, 1.54) is 17.5 Å². The van der Waals surface area contributed by atoms with Crippen LogP contribution >= 0.6 is 11.3 Å². The molecule has 3 aromatic rings. The third-order valence-corrected chi connectivity index (χ3v) is 4.50. The zero-order valence-electron chi connectivity index (χ0n) is 12.4. The zero-order chi connectivity index (χ0) is 16.4. The predicted octanol–water partition coefficient (Wildman–Crippen LogP) is 2.38. The topological polar surface area (TPSA) is 97.6 Å². The Morgan fingerprint density at radius 3 is 2.78 bits per heavy atom. The Bertz CT molecular complexity index is 904. The molecule has 23 heavy (non-hydrogen) atoms. The molecule has 0 saturated heterocycles. The quantitative estimate of drug-likeness (QED) is 0.798. The van der Waals surface area contributed by atoms with Crippen molar-refractivity contribution in [3.05, 3.63) is 63.2 Å². The second kappa shape index (κ2) is 6.02. The van der Waals surface area contributed by atoms with E-state index >= 15 is 0 Å². The molecule has 0 aliphatic carbocycles. The minimum atomic E-state index is -0.363. The number of nitrogens with zero attached hydrogens (tertiary/aromatic N) is 4. The molecule has 0 radical (unpaired) electrons. The van der Waals surface area contributed by atoms with Crippen LogP contribution in [0.1, 0.15) is 31.5 Å². The minimum Gasteiger partial charge on any atom is -0.382 e. The molecule has 0 aliphatic heterocycles. The Balaban J connectivity index is 1.90. The van der Waals surface area contributed by atoms with Crippen LogP contribution in [0, 0.1) is 18.3 Å². The first-order chi connectivity index (χ1) is 11.1. The molecule has 2 heterocycles. The van der Waals surface area contributed by atoms with Gasteiger partial charge in [0.25, 0.3) is 5.91 Å². The molecule has 114 valence electrons. The highest BCUT2D eigenvalue weighted by atomic mass is 32.1. The van der Waals surface area contributed by atoms with Crippen molar-refractivity contribution in [2.45, 2.75) is 13.3 Å². The highest BCUT2D eigenvalue weighted by Crippen LogP contribution is 2.23. The Labute approximate surface area is 136 Å². The van der Waals surface area contributed by atoms with E-state index in [0.29, 0.717) is 17.0 Å². The molecule has 6 nitrogen and oxygen atoms in total. The van der Waals surface area contributed by atoms with Crippen LogP contribution in [0.2, 0.25) is 0 Å². The summed E-state index contributed by atoms with van der Waals surface area (Å²) >= 11 is 1.32. The van der Waals surface area contributed by atoms with Gasteiger partial charge in [-0.25, -0.2) is 4.98 Å². The number of thiazole rings is 1. The fourth-order valence-electron chi connectivity index (χ4n) is 2.20. The smallest absolute Gasteiger partial charge is 0.292 e. The number of anilines is 1. The predicted molar refractivity (Wildman–Crippen MR) is 87.2 cm³/mol. The number of hydrogen-bond donors (Lipinski definition) is 1. The summed E-state index contributed by atoms with van der Waals surface area (Å²) in [6.45, 7) is 1.78. The van der Waals surface area contributed by atoms with Crippen LogP contribution in [0.5, 0.6) is 0 Å². The van der Waals surface area contributed by atoms with Crippen molar-refractivity contribution < 1.29 is 4.79 Å². The van der Waals surface area contributed by atoms with E-state index in [4.69, 9.17) is 11.0 Å². The third kappa shape index (κ3) is 2.84. The van der Waals surface area contributed by atoms with E-state index in [0.717, 1.165) is 15.3 Å². The molecular weight excluding hydrogens is 310 g/mol. The Morgan fingerprint density at radius 2 is 2.13 bits per heavy atom. The first-order valence-electron chi connectivity index (χ1n) is 6.88. The zero-order valence-corrected chi connectivity index (χ0v) is 13.2. The van der Waals surface area contributed by atoms with Gasteiger partial charge in [-0.2, -0.15) is 15.0 Å². The van der Waals surface area contributed by atoms with Crippen molar-refractivity contribution in [3.63, 3.8) is 0 Å². The molecule has 0 atom stereocenters. The molecule has 0 unspecified atom stereocenters. The molecule has 1 aromatic carbocycles. The van der Waals surface area contributed by atoms with Gasteiger partial charge in [0.05, 0.1) is 16.9 Å². The lowest BCUT2D eigenvalue weighted by molar-refractivity contribution is 0.0951. The van der Waals surface area contributed by atoms with Crippen molar-refractivity contribution in [3.8, 4) is 6.07 Å². The normalized spacial score (nSPS) is 10.4. The first-order valence-corrected chi connectivity index (χ1v) is 7.70. The van der Waals surface area contributed by atoms with E-state index in [1.54, 1.807) is 6.92 Å². The van der Waals surface area contributed by atoms with Crippen LogP contribution in [0.4, 0.5) is 5.82 Å². The summed E-state index contributed by atoms with van der Waals surface area (Å²) in [5.41, 5.74) is 7.73. The lowest BCUT2D eigenvalue weighted by Crippen LogP contribution is -2.16. The number of hydrogen-bond acceptors (Lipinski definition) is 6. The highest BCUT2D eigenvalue weighted by Gasteiger charge is 2.21. The number of nitrogen functional groups attached to an aromatic ring is 1. The van der Waals surface area contributed by atoms with Crippen LogP contribution in [0.15, 0.2) is 36.5 Å². The van der Waals surface area contributed by atoms with Crippen molar-refractivity contribution in [2.75, 3.05) is 5.73 Å². The molecular formula is C16H13N5OS. The van der Waals surface area contributed by atoms with Gasteiger partial charge in [-0.3, -0.25) is 4.79 Å².